The van der Waals surface area contributed by atoms with Gasteiger partial charge in [-0.25, -0.2) is 4.79 Å². The van der Waals surface area contributed by atoms with Crippen molar-refractivity contribution in [1.82, 2.24) is 15.1 Å². The molecule has 1 heterocycles. The van der Waals surface area contributed by atoms with Crippen molar-refractivity contribution in [1.29, 1.82) is 0 Å². The van der Waals surface area contributed by atoms with E-state index >= 15 is 0 Å². The molecule has 1 aromatic carbocycles. The number of amides is 3. The van der Waals surface area contributed by atoms with Crippen LogP contribution in [-0.2, 0) is 25.6 Å². The predicted octanol–water partition coefficient (Wildman–Crippen LogP) is 0.860. The number of benzene rings is 1. The Balaban J connectivity index is 0.000000277. The van der Waals surface area contributed by atoms with Gasteiger partial charge in [0, 0.05) is 27.3 Å². The molecule has 1 fully saturated rings. The number of carboxylic acid groups (broad SMARTS) is 1. The zero-order valence-corrected chi connectivity index (χ0v) is 16.3. The lowest BCUT2D eigenvalue weighted by molar-refractivity contribution is -0.141. The maximum absolute atomic E-state index is 11.4. The smallest absolute Gasteiger partial charge is 0.326 e. The molecule has 0 spiro atoms. The molecule has 1 aliphatic rings. The molecule has 0 bridgehead atoms. The van der Waals surface area contributed by atoms with Gasteiger partial charge in [0.15, 0.2) is 0 Å². The molecule has 1 aliphatic heterocycles. The predicted molar refractivity (Wildman–Crippen MR) is 99.6 cm³/mol. The summed E-state index contributed by atoms with van der Waals surface area (Å²) in [7, 11) is 1.71. The zero-order chi connectivity index (χ0) is 20.7. The molecule has 1 saturated heterocycles. The summed E-state index contributed by atoms with van der Waals surface area (Å²) in [5, 5.41) is 11.3. The van der Waals surface area contributed by atoms with Crippen LogP contribution in [0.4, 0.5) is 0 Å². The van der Waals surface area contributed by atoms with E-state index in [0.717, 1.165) is 5.56 Å². The van der Waals surface area contributed by atoms with Crippen LogP contribution in [0.1, 0.15) is 33.3 Å². The molecule has 148 valence electrons. The molecular formula is C19H27N3O5. The lowest BCUT2D eigenvalue weighted by Gasteiger charge is -2.24. The second-order valence-corrected chi connectivity index (χ2v) is 6.46. The molecule has 8 heteroatoms. The third-order valence-corrected chi connectivity index (χ3v) is 4.41. The van der Waals surface area contributed by atoms with Gasteiger partial charge < -0.3 is 20.2 Å². The number of carbonyl (C=O) groups excluding carboxylic acids is 3. The van der Waals surface area contributed by atoms with E-state index in [1.807, 2.05) is 37.3 Å². The zero-order valence-electron chi connectivity index (χ0n) is 16.3. The third kappa shape index (κ3) is 6.09. The Hall–Kier alpha value is -2.90. The van der Waals surface area contributed by atoms with Gasteiger partial charge in [0.25, 0.3) is 0 Å². The summed E-state index contributed by atoms with van der Waals surface area (Å²) in [5.41, 5.74) is 0.888. The van der Waals surface area contributed by atoms with Crippen LogP contribution >= 0.6 is 0 Å². The molecule has 2 rings (SSSR count). The minimum absolute atomic E-state index is 0.0118. The number of carbonyl (C=O) groups is 4. The summed E-state index contributed by atoms with van der Waals surface area (Å²) in [6, 6.07) is 8.03. The number of likely N-dealkylation sites (N-methyl/N-ethyl adjacent to an activating group) is 1. The lowest BCUT2D eigenvalue weighted by Crippen LogP contribution is -2.41. The fourth-order valence-corrected chi connectivity index (χ4v) is 2.94. The van der Waals surface area contributed by atoms with Crippen LogP contribution in [0.3, 0.4) is 0 Å². The van der Waals surface area contributed by atoms with Crippen LogP contribution in [0.15, 0.2) is 30.3 Å². The Morgan fingerprint density at radius 1 is 1.15 bits per heavy atom. The summed E-state index contributed by atoms with van der Waals surface area (Å²) in [6.07, 6.45) is 0.195. The van der Waals surface area contributed by atoms with Gasteiger partial charge in [-0.15, -0.1) is 0 Å². The minimum Gasteiger partial charge on any atom is -0.480 e. The molecule has 1 aromatic rings. The van der Waals surface area contributed by atoms with Gasteiger partial charge >= 0.3 is 5.97 Å². The number of nitrogens with zero attached hydrogens (tertiary/aromatic N) is 2. The number of rotatable bonds is 4. The van der Waals surface area contributed by atoms with Crippen LogP contribution in [0.25, 0.3) is 0 Å². The van der Waals surface area contributed by atoms with Crippen molar-refractivity contribution < 1.29 is 24.3 Å². The van der Waals surface area contributed by atoms with Crippen LogP contribution in [0.5, 0.6) is 0 Å². The Morgan fingerprint density at radius 2 is 1.70 bits per heavy atom. The highest BCUT2D eigenvalue weighted by atomic mass is 16.4. The molecule has 0 radical (unpaired) electrons. The number of hydrogen-bond acceptors (Lipinski definition) is 4. The van der Waals surface area contributed by atoms with E-state index in [1.165, 1.54) is 13.8 Å². The highest BCUT2D eigenvalue weighted by Crippen LogP contribution is 2.19. The van der Waals surface area contributed by atoms with Gasteiger partial charge in [-0.3, -0.25) is 14.4 Å². The molecule has 0 saturated carbocycles. The normalized spacial score (nSPS) is 19.8. The number of aliphatic carboxylic acids is 1. The summed E-state index contributed by atoms with van der Waals surface area (Å²) in [5.74, 6) is -1.39. The van der Waals surface area contributed by atoms with Crippen molar-refractivity contribution in [3.63, 3.8) is 0 Å². The van der Waals surface area contributed by atoms with E-state index in [9.17, 15) is 19.2 Å². The second kappa shape index (κ2) is 9.70. The average Bonchev–Trinajstić information content (AvgIpc) is 2.78. The number of carboxylic acids is 1. The fraction of sp³-hybridized carbons (Fsp3) is 0.474. The van der Waals surface area contributed by atoms with Gasteiger partial charge in [0.1, 0.15) is 18.2 Å². The van der Waals surface area contributed by atoms with Crippen molar-refractivity contribution in [2.24, 2.45) is 0 Å². The largest absolute Gasteiger partial charge is 0.480 e. The van der Waals surface area contributed by atoms with Crippen molar-refractivity contribution >= 4 is 23.7 Å². The standard InChI is InChI=1S/C11H13NO3.C8H14N2O2/c1-8(13)12-10(11(14)15)7-9-5-3-2-4-6-9;1-5-8(12)9(4)6(2)10(5)7(3)11/h2-6,10H,7H2,1H3,(H,12,13)(H,14,15);5-6H,1-4H3. The van der Waals surface area contributed by atoms with Gasteiger partial charge in [-0.1, -0.05) is 30.3 Å². The van der Waals surface area contributed by atoms with Crippen molar-refractivity contribution in [2.75, 3.05) is 7.05 Å². The molecule has 3 atom stereocenters. The van der Waals surface area contributed by atoms with Gasteiger partial charge in [-0.2, -0.15) is 0 Å². The molecule has 3 unspecified atom stereocenters. The monoisotopic (exact) mass is 377 g/mol. The summed E-state index contributed by atoms with van der Waals surface area (Å²) < 4.78 is 0. The molecule has 2 N–H and O–H groups in total. The number of nitrogens with one attached hydrogen (secondary N) is 1. The van der Waals surface area contributed by atoms with Crippen LogP contribution in [-0.4, -0.2) is 63.9 Å². The van der Waals surface area contributed by atoms with Crippen LogP contribution in [0.2, 0.25) is 0 Å². The van der Waals surface area contributed by atoms with Crippen LogP contribution in [0, 0.1) is 0 Å². The topological polar surface area (TPSA) is 107 Å². The first-order chi connectivity index (χ1) is 12.6. The average molecular weight is 377 g/mol. The van der Waals surface area contributed by atoms with Crippen molar-refractivity contribution in [3.05, 3.63) is 35.9 Å². The first-order valence-electron chi connectivity index (χ1n) is 8.65. The van der Waals surface area contributed by atoms with E-state index in [1.54, 1.807) is 23.8 Å². The maximum Gasteiger partial charge on any atom is 0.326 e. The van der Waals surface area contributed by atoms with E-state index < -0.39 is 12.0 Å². The van der Waals surface area contributed by atoms with Gasteiger partial charge in [-0.05, 0) is 19.4 Å². The van der Waals surface area contributed by atoms with E-state index in [-0.39, 0.29) is 29.9 Å². The number of hydrogen-bond donors (Lipinski definition) is 2. The Morgan fingerprint density at radius 3 is 2.04 bits per heavy atom. The summed E-state index contributed by atoms with van der Waals surface area (Å²) >= 11 is 0. The molecule has 0 aromatic heterocycles. The molecular weight excluding hydrogens is 350 g/mol. The van der Waals surface area contributed by atoms with Gasteiger partial charge in [0.2, 0.25) is 17.7 Å². The minimum atomic E-state index is -1.02. The molecule has 0 aliphatic carbocycles. The van der Waals surface area contributed by atoms with Crippen LogP contribution < -0.4 is 5.32 Å². The highest BCUT2D eigenvalue weighted by molar-refractivity contribution is 5.90. The molecule has 3 amide bonds. The first-order valence-corrected chi connectivity index (χ1v) is 8.65. The Bertz CT molecular complexity index is 692. The Labute approximate surface area is 159 Å². The second-order valence-electron chi connectivity index (χ2n) is 6.46. The van der Waals surface area contributed by atoms with Crippen molar-refractivity contribution in [2.45, 2.75) is 52.4 Å². The first kappa shape index (κ1) is 22.1. The highest BCUT2D eigenvalue weighted by Gasteiger charge is 2.40. The summed E-state index contributed by atoms with van der Waals surface area (Å²) in [4.78, 5) is 47.2. The quantitative estimate of drug-likeness (QED) is 0.809. The van der Waals surface area contributed by atoms with Crippen molar-refractivity contribution in [3.8, 4) is 0 Å². The lowest BCUT2D eigenvalue weighted by atomic mass is 10.1. The third-order valence-electron chi connectivity index (χ3n) is 4.41. The maximum atomic E-state index is 11.4. The van der Waals surface area contributed by atoms with Gasteiger partial charge in [0.05, 0.1) is 0 Å². The van der Waals surface area contributed by atoms with E-state index in [2.05, 4.69) is 5.32 Å². The SMILES string of the molecule is CC(=O)N1C(C)C(=O)N(C)C1C.CC(=O)NC(Cc1ccccc1)C(=O)O. The fourth-order valence-electron chi connectivity index (χ4n) is 2.94. The summed E-state index contributed by atoms with van der Waals surface area (Å²) in [6.45, 7) is 6.40. The molecule has 27 heavy (non-hydrogen) atoms. The molecule has 8 nitrogen and oxygen atoms in total. The van der Waals surface area contributed by atoms with E-state index in [4.69, 9.17) is 5.11 Å². The van der Waals surface area contributed by atoms with E-state index in [0.29, 0.717) is 6.42 Å². The Kier molecular flexibility index (Phi) is 7.96.